The number of aliphatic carboxylic acids is 2. The molecule has 1 saturated heterocycles. The van der Waals surface area contributed by atoms with Gasteiger partial charge in [-0.15, -0.1) is 11.8 Å². The number of phenolic OH excluding ortho intramolecular Hbond substituents is 2. The third kappa shape index (κ3) is 36.4. The highest BCUT2D eigenvalue weighted by atomic mass is 32.2. The highest BCUT2D eigenvalue weighted by Gasteiger charge is 2.42. The Kier molecular flexibility index (Phi) is 43.8. The van der Waals surface area contributed by atoms with E-state index in [4.69, 9.17) is 22.6 Å². The molecule has 3 fully saturated rings. The quantitative estimate of drug-likeness (QED) is 0.0149. The molecule has 0 bridgehead atoms. The van der Waals surface area contributed by atoms with Crippen LogP contribution in [-0.4, -0.2) is 278 Å². The van der Waals surface area contributed by atoms with Crippen LogP contribution in [0.3, 0.4) is 0 Å². The van der Waals surface area contributed by atoms with Gasteiger partial charge in [-0.05, 0) is 122 Å². The van der Waals surface area contributed by atoms with E-state index in [1.165, 1.54) is 67.7 Å². The van der Waals surface area contributed by atoms with Gasteiger partial charge in [0.15, 0.2) is 5.96 Å². The van der Waals surface area contributed by atoms with Crippen LogP contribution < -0.4 is 86.3 Å². The van der Waals surface area contributed by atoms with Gasteiger partial charge in [0.1, 0.15) is 95.9 Å². The highest BCUT2D eigenvalue weighted by Crippen LogP contribution is 2.30. The van der Waals surface area contributed by atoms with Gasteiger partial charge in [-0.1, -0.05) is 131 Å². The zero-order valence-electron chi connectivity index (χ0n) is 74.2. The lowest BCUT2D eigenvalue weighted by Crippen LogP contribution is -2.62. The Labute approximate surface area is 771 Å². The summed E-state index contributed by atoms with van der Waals surface area (Å²) in [6, 6.07) is -0.440. The van der Waals surface area contributed by atoms with E-state index in [-0.39, 0.29) is 98.1 Å². The summed E-state index contributed by atoms with van der Waals surface area (Å²) in [4.78, 5) is 247. The molecule has 13 atom stereocenters. The monoisotopic (exact) mass is 1880 g/mol. The molecule has 0 aromatic heterocycles. The van der Waals surface area contributed by atoms with Crippen LogP contribution in [0.15, 0.2) is 103 Å². The molecular formula is C89H124FN19O23S. The van der Waals surface area contributed by atoms with E-state index in [9.17, 15) is 73.4 Å². The number of aliphatic hydroxyl groups is 2. The number of guanidine groups is 1. The van der Waals surface area contributed by atoms with Crippen molar-refractivity contribution in [1.29, 1.82) is 5.41 Å². The fraction of sp³-hybridized carbons (Fsp3) is 0.528. The molecule has 1 aliphatic heterocycles. The number of rotatable bonds is 31. The smallest absolute Gasteiger partial charge is 0.312 e. The summed E-state index contributed by atoms with van der Waals surface area (Å²) >= 11 is 0.662. The number of aromatic hydroxyl groups is 2. The molecule has 44 heteroatoms. The number of carbonyl (C=O) groups excluding carboxylic acids is 15. The van der Waals surface area contributed by atoms with Crippen molar-refractivity contribution in [3.8, 4) is 11.5 Å². The Balaban J connectivity index is 1.38. The van der Waals surface area contributed by atoms with Gasteiger partial charge in [-0.25, -0.2) is 9.18 Å². The summed E-state index contributed by atoms with van der Waals surface area (Å²) in [7, 11) is 2.32. The number of nitrogens with two attached hydrogens (primary N) is 3. The van der Waals surface area contributed by atoms with Crippen molar-refractivity contribution in [3.63, 3.8) is 0 Å². The third-order valence-electron chi connectivity index (χ3n) is 23.3. The lowest BCUT2D eigenvalue weighted by atomic mass is 9.84. The summed E-state index contributed by atoms with van der Waals surface area (Å²) < 4.78 is 14.6. The Morgan fingerprint density at radius 2 is 0.842 bits per heavy atom. The van der Waals surface area contributed by atoms with Crippen molar-refractivity contribution in [3.05, 3.63) is 131 Å². The molecule has 2 aliphatic carbocycles. The maximum Gasteiger partial charge on any atom is 0.312 e. The number of phenols is 2. The van der Waals surface area contributed by atoms with Gasteiger partial charge in [-0.2, -0.15) is 0 Å². The number of primary amides is 2. The van der Waals surface area contributed by atoms with Crippen molar-refractivity contribution in [1.82, 2.24) is 78.9 Å². The molecule has 16 amide bonds. The van der Waals surface area contributed by atoms with Crippen LogP contribution in [-0.2, 0) is 102 Å². The van der Waals surface area contributed by atoms with Crippen LogP contribution in [0.5, 0.6) is 11.5 Å². The molecule has 133 heavy (non-hydrogen) atoms. The first kappa shape index (κ1) is 107. The summed E-state index contributed by atoms with van der Waals surface area (Å²) in [5.41, 5.74) is 17.9. The molecule has 4 aromatic rings. The average Bonchev–Trinajstić information content (AvgIpc) is 0.822. The normalized spacial score (nSPS) is 23.4. The number of benzene rings is 4. The van der Waals surface area contributed by atoms with Crippen molar-refractivity contribution in [2.45, 2.75) is 233 Å². The van der Waals surface area contributed by atoms with Gasteiger partial charge in [0.05, 0.1) is 19.0 Å². The van der Waals surface area contributed by atoms with Crippen LogP contribution in [0, 0.1) is 23.1 Å². The molecule has 726 valence electrons. The van der Waals surface area contributed by atoms with Crippen molar-refractivity contribution >= 4 is 118 Å². The number of hydrogen-bond acceptors (Lipinski definition) is 23. The van der Waals surface area contributed by atoms with E-state index in [2.05, 4.69) is 69.1 Å². The molecule has 0 unspecified atom stereocenters. The van der Waals surface area contributed by atoms with Crippen LogP contribution in [0.2, 0.25) is 0 Å². The van der Waals surface area contributed by atoms with Gasteiger partial charge in [0.2, 0.25) is 82.7 Å². The third-order valence-corrected chi connectivity index (χ3v) is 24.3. The van der Waals surface area contributed by atoms with E-state index in [0.29, 0.717) is 68.7 Å². The number of carboxylic acid groups (broad SMARTS) is 2. The molecule has 1 heterocycles. The standard InChI is InChI=1S/C89H124FN19O23S/c1-108-70(35-37-74(117)118)87(131)109(2)71(45-52-18-10-5-11-19-52)86(130)106-68(47-111)84(128)103-62(40-50-14-6-3-7-15-50)79(123)102-66(42-53-22-28-56(90)29-23-53)81(125)105-67(46-110)83(127)104-65(44-55-26-32-58(113)33-27-55)80(124)101-64(43-54-24-30-57(112)31-25-54)78(122)99-60(21-13-39-96-89(94)132)76(120)98-61(20-12-38-95-88(92)93)77(121)100-63(41-51-16-8-4-9-17-51)82(126)107-69(48-133-49-72(108)114)85(129)97-59(75(91)119)34-36-73(115)116/h5,10-11,18-19,22-33,50-51,59-71,110-113H,3-4,6-9,12-17,20-21,34-49H2,1-2H3,(H2,91,119)(H,97,129)(H,98,120)(H,99,122)(H,100,121)(H,101,124)(H,102,123)(H,103,128)(H,104,127)(H,105,125)(H,106,130)(H,107,126)(H,115,116)(H,117,118)(H4,92,93,95)(H3,94,96,132)/t59-,60+,61+,62+,63+,64+,65+,66+,67+,68+,69+,70+,71+/m1/s1. The number of halogens is 1. The van der Waals surface area contributed by atoms with Crippen molar-refractivity contribution in [2.24, 2.45) is 29.0 Å². The van der Waals surface area contributed by atoms with E-state index in [1.807, 2.05) is 0 Å². The van der Waals surface area contributed by atoms with Crippen molar-refractivity contribution < 1.29 is 117 Å². The molecule has 3 aliphatic rings. The van der Waals surface area contributed by atoms with Gasteiger partial charge in [0.25, 0.3) is 0 Å². The van der Waals surface area contributed by atoms with Gasteiger partial charge in [0, 0.05) is 71.5 Å². The van der Waals surface area contributed by atoms with Crippen LogP contribution in [0.1, 0.15) is 151 Å². The van der Waals surface area contributed by atoms with E-state index < -0.39 is 261 Å². The van der Waals surface area contributed by atoms with Gasteiger partial charge < -0.3 is 127 Å². The Bertz CT molecular complexity index is 4650. The SMILES string of the molecule is CN1C(=O)CSC[C@@H](C(=O)N[C@H](CCC(=O)O)C(N)=O)NC(=O)[C@H](CC2CCCCC2)NC(=O)[C@H](CCCNC(=N)N)NC(=O)[C@H](CCCNC(N)=O)NC(=O)[C@H](Cc2ccc(O)cc2)NC(=O)[C@H](Cc2ccc(O)cc2)NC(=O)[C@H](CO)NC(=O)[C@H](Cc2ccc(F)cc2)NC(=O)[C@H](CC2CCCCC2)NC(=O)[C@H](CO)NC(=O)[C@H](Cc2ccccc2)N(C)C(=O)[C@@H]1CCC(=O)O. The zero-order chi connectivity index (χ0) is 97.4. The van der Waals surface area contributed by atoms with E-state index >= 15 is 43.2 Å². The second kappa shape index (κ2) is 54.5. The number of likely N-dealkylation sites (N-methyl/N-ethyl adjacent to an activating group) is 2. The van der Waals surface area contributed by atoms with Gasteiger partial charge in [-0.3, -0.25) is 82.1 Å². The number of hydrogen-bond donors (Lipinski definition) is 23. The summed E-state index contributed by atoms with van der Waals surface area (Å²) in [5, 5.41) is 104. The maximum atomic E-state index is 15.4. The highest BCUT2D eigenvalue weighted by molar-refractivity contribution is 8.00. The topological polar surface area (TPSA) is 676 Å². The first-order valence-corrected chi connectivity index (χ1v) is 45.4. The maximum absolute atomic E-state index is 15.4. The van der Waals surface area contributed by atoms with Crippen LogP contribution >= 0.6 is 11.8 Å². The second-order valence-corrected chi connectivity index (χ2v) is 34.5. The first-order chi connectivity index (χ1) is 63.4. The average molecular weight is 1880 g/mol. The number of thioether (sulfide) groups is 1. The number of urea groups is 1. The lowest BCUT2D eigenvalue weighted by molar-refractivity contribution is -0.148. The van der Waals surface area contributed by atoms with E-state index in [0.717, 1.165) is 41.8 Å². The number of carbonyl (C=O) groups is 17. The van der Waals surface area contributed by atoms with Crippen LogP contribution in [0.25, 0.3) is 0 Å². The molecule has 2 saturated carbocycles. The fourth-order valence-electron chi connectivity index (χ4n) is 15.8. The molecule has 0 radical (unpaired) electrons. The Morgan fingerprint density at radius 1 is 0.459 bits per heavy atom. The summed E-state index contributed by atoms with van der Waals surface area (Å²) in [5.74, 6) is -21.8. The summed E-state index contributed by atoms with van der Waals surface area (Å²) in [6.07, 6.45) is 1.22. The number of nitrogens with zero attached hydrogens (tertiary/aromatic N) is 2. The minimum atomic E-state index is -2.01. The van der Waals surface area contributed by atoms with E-state index in [1.54, 1.807) is 30.3 Å². The predicted molar refractivity (Wildman–Crippen MR) is 481 cm³/mol. The lowest BCUT2D eigenvalue weighted by Gasteiger charge is -2.35. The Morgan fingerprint density at radius 3 is 1.27 bits per heavy atom. The fourth-order valence-corrected chi connectivity index (χ4v) is 16.8. The van der Waals surface area contributed by atoms with Gasteiger partial charge >= 0.3 is 18.0 Å². The second-order valence-electron chi connectivity index (χ2n) is 33.5. The Hall–Kier alpha value is -13.3. The minimum absolute atomic E-state index is 0.0533. The molecule has 26 N–H and O–H groups in total. The molecule has 7 rings (SSSR count). The largest absolute Gasteiger partial charge is 0.508 e. The molecule has 0 spiro atoms. The first-order valence-electron chi connectivity index (χ1n) is 44.2. The number of nitrogens with one attached hydrogen (secondary N) is 14. The molecule has 42 nitrogen and oxygen atoms in total. The van der Waals surface area contributed by atoms with Crippen LogP contribution in [0.4, 0.5) is 9.18 Å². The molecule has 4 aromatic carbocycles. The molecular weight excluding hydrogens is 1750 g/mol. The minimum Gasteiger partial charge on any atom is -0.508 e. The summed E-state index contributed by atoms with van der Waals surface area (Å²) in [6.45, 7) is -2.67. The number of amides is 16. The van der Waals surface area contributed by atoms with Crippen molar-refractivity contribution in [2.75, 3.05) is 51.9 Å². The number of aliphatic hydroxyl groups excluding tert-OH is 2. The zero-order valence-corrected chi connectivity index (χ0v) is 75.0. The number of carboxylic acids is 2. The predicted octanol–water partition coefficient (Wildman–Crippen LogP) is -1.91.